The fourth-order valence-electron chi connectivity index (χ4n) is 5.80. The standard InChI is InChI=1S/C30H43N3O2/c1-22-6-5-16-33(20-22)21-26-11-14-29(18-23(26)2)32(3)30(35)25-9-12-27(13-10-25)31-28-8-4-7-24(19-28)15-17-34/h4,7-8,11,14,18-19,22,25,27,31,34H,5-6,9-10,12-13,15-17,20-21H2,1-3H3/t22-,25?,27?/m1/s1. The molecule has 1 aliphatic heterocycles. The molecule has 0 unspecified atom stereocenters. The minimum Gasteiger partial charge on any atom is -0.396 e. The van der Waals surface area contributed by atoms with E-state index in [0.717, 1.165) is 55.1 Å². The molecule has 2 aromatic rings. The normalized spacial score (nSPS) is 23.1. The van der Waals surface area contributed by atoms with Gasteiger partial charge in [-0.2, -0.15) is 0 Å². The zero-order valence-corrected chi connectivity index (χ0v) is 21.8. The van der Waals surface area contributed by atoms with E-state index in [4.69, 9.17) is 0 Å². The van der Waals surface area contributed by atoms with Gasteiger partial charge >= 0.3 is 0 Å². The lowest BCUT2D eigenvalue weighted by Gasteiger charge is -2.32. The summed E-state index contributed by atoms with van der Waals surface area (Å²) in [6.45, 7) is 8.08. The Morgan fingerprint density at radius 2 is 1.91 bits per heavy atom. The molecule has 2 aromatic carbocycles. The molecule has 190 valence electrons. The summed E-state index contributed by atoms with van der Waals surface area (Å²) in [6, 6.07) is 15.2. The van der Waals surface area contributed by atoms with Gasteiger partial charge in [0.25, 0.3) is 0 Å². The van der Waals surface area contributed by atoms with Crippen LogP contribution in [0, 0.1) is 18.8 Å². The van der Waals surface area contributed by atoms with Crippen LogP contribution in [0.2, 0.25) is 0 Å². The van der Waals surface area contributed by atoms with Gasteiger partial charge in [-0.25, -0.2) is 0 Å². The molecular weight excluding hydrogens is 434 g/mol. The van der Waals surface area contributed by atoms with E-state index in [1.54, 1.807) is 0 Å². The molecule has 0 radical (unpaired) electrons. The average Bonchev–Trinajstić information content (AvgIpc) is 2.85. The van der Waals surface area contributed by atoms with Crippen LogP contribution in [0.4, 0.5) is 11.4 Å². The Kier molecular flexibility index (Phi) is 8.85. The second kappa shape index (κ2) is 12.0. The monoisotopic (exact) mass is 477 g/mol. The van der Waals surface area contributed by atoms with Gasteiger partial charge in [-0.1, -0.05) is 25.1 Å². The first kappa shape index (κ1) is 25.7. The Labute approximate surface area is 211 Å². The third kappa shape index (κ3) is 6.86. The lowest BCUT2D eigenvalue weighted by Crippen LogP contribution is -2.37. The number of likely N-dealkylation sites (tertiary alicyclic amines) is 1. The van der Waals surface area contributed by atoms with Gasteiger partial charge in [0.1, 0.15) is 0 Å². The molecule has 1 atom stereocenters. The minimum absolute atomic E-state index is 0.0913. The second-order valence-electron chi connectivity index (χ2n) is 10.9. The van der Waals surface area contributed by atoms with Crippen LogP contribution in [-0.2, 0) is 17.8 Å². The van der Waals surface area contributed by atoms with Crippen LogP contribution in [0.15, 0.2) is 42.5 Å². The largest absolute Gasteiger partial charge is 0.396 e. The second-order valence-corrected chi connectivity index (χ2v) is 10.9. The molecule has 0 bridgehead atoms. The highest BCUT2D eigenvalue weighted by atomic mass is 16.3. The van der Waals surface area contributed by atoms with Crippen LogP contribution in [0.25, 0.3) is 0 Å². The maximum absolute atomic E-state index is 13.3. The topological polar surface area (TPSA) is 55.8 Å². The number of rotatable bonds is 8. The van der Waals surface area contributed by atoms with Gasteiger partial charge in [0.2, 0.25) is 5.91 Å². The van der Waals surface area contributed by atoms with Crippen molar-refractivity contribution in [1.82, 2.24) is 4.90 Å². The summed E-state index contributed by atoms with van der Waals surface area (Å²) in [5, 5.41) is 12.8. The Hall–Kier alpha value is -2.37. The van der Waals surface area contributed by atoms with E-state index >= 15 is 0 Å². The van der Waals surface area contributed by atoms with Gasteiger partial charge in [0.15, 0.2) is 0 Å². The molecule has 1 saturated heterocycles. The molecule has 4 rings (SSSR count). The predicted octanol–water partition coefficient (Wildman–Crippen LogP) is 5.40. The van der Waals surface area contributed by atoms with Crippen molar-refractivity contribution < 1.29 is 9.90 Å². The number of aliphatic hydroxyl groups is 1. The summed E-state index contributed by atoms with van der Waals surface area (Å²) in [5.74, 6) is 1.12. The molecule has 5 heteroatoms. The molecule has 5 nitrogen and oxygen atoms in total. The molecule has 1 aliphatic carbocycles. The fraction of sp³-hybridized carbons (Fsp3) is 0.567. The first-order chi connectivity index (χ1) is 16.9. The number of aliphatic hydroxyl groups excluding tert-OH is 1. The van der Waals surface area contributed by atoms with Crippen molar-refractivity contribution in [3.8, 4) is 0 Å². The van der Waals surface area contributed by atoms with Crippen LogP contribution in [0.1, 0.15) is 62.1 Å². The van der Waals surface area contributed by atoms with Gasteiger partial charge in [-0.15, -0.1) is 0 Å². The van der Waals surface area contributed by atoms with Crippen molar-refractivity contribution in [3.05, 3.63) is 59.2 Å². The van der Waals surface area contributed by atoms with Crippen LogP contribution in [0.5, 0.6) is 0 Å². The van der Waals surface area contributed by atoms with Gasteiger partial charge in [0.05, 0.1) is 0 Å². The summed E-state index contributed by atoms with van der Waals surface area (Å²) in [6.07, 6.45) is 7.16. The highest BCUT2D eigenvalue weighted by molar-refractivity contribution is 5.94. The lowest BCUT2D eigenvalue weighted by molar-refractivity contribution is -0.123. The summed E-state index contributed by atoms with van der Waals surface area (Å²) < 4.78 is 0. The van der Waals surface area contributed by atoms with Gasteiger partial charge in [-0.3, -0.25) is 9.69 Å². The van der Waals surface area contributed by atoms with E-state index in [2.05, 4.69) is 60.5 Å². The lowest BCUT2D eigenvalue weighted by atomic mass is 9.85. The summed E-state index contributed by atoms with van der Waals surface area (Å²) in [4.78, 5) is 17.7. The maximum Gasteiger partial charge on any atom is 0.229 e. The predicted molar refractivity (Wildman–Crippen MR) is 145 cm³/mol. The van der Waals surface area contributed by atoms with Crippen LogP contribution < -0.4 is 10.2 Å². The number of nitrogens with one attached hydrogen (secondary N) is 1. The number of aryl methyl sites for hydroxylation is 1. The first-order valence-corrected chi connectivity index (χ1v) is 13.5. The van der Waals surface area contributed by atoms with Crippen LogP contribution >= 0.6 is 0 Å². The number of amides is 1. The molecule has 2 aliphatic rings. The summed E-state index contributed by atoms with van der Waals surface area (Å²) in [7, 11) is 1.93. The Balaban J connectivity index is 1.29. The zero-order valence-electron chi connectivity index (χ0n) is 21.8. The van der Waals surface area contributed by atoms with E-state index in [9.17, 15) is 9.90 Å². The number of piperidine rings is 1. The van der Waals surface area contributed by atoms with Crippen LogP contribution in [-0.4, -0.2) is 48.7 Å². The Morgan fingerprint density at radius 1 is 1.11 bits per heavy atom. The highest BCUT2D eigenvalue weighted by Crippen LogP contribution is 2.30. The Morgan fingerprint density at radius 3 is 2.63 bits per heavy atom. The molecule has 1 heterocycles. The maximum atomic E-state index is 13.3. The number of anilines is 2. The van der Waals surface area contributed by atoms with E-state index in [1.165, 1.54) is 37.1 Å². The van der Waals surface area contributed by atoms with Crippen molar-refractivity contribution in [1.29, 1.82) is 0 Å². The first-order valence-electron chi connectivity index (χ1n) is 13.5. The van der Waals surface area contributed by atoms with Crippen LogP contribution in [0.3, 0.4) is 0 Å². The minimum atomic E-state index is 0.0913. The van der Waals surface area contributed by atoms with Crippen molar-refractivity contribution >= 4 is 17.3 Å². The molecule has 2 N–H and O–H groups in total. The number of carbonyl (C=O) groups is 1. The third-order valence-corrected chi connectivity index (χ3v) is 7.95. The van der Waals surface area contributed by atoms with Gasteiger partial charge in [0, 0.05) is 50.1 Å². The molecule has 2 fully saturated rings. The molecule has 0 aromatic heterocycles. The zero-order chi connectivity index (χ0) is 24.8. The van der Waals surface area contributed by atoms with Crippen molar-refractivity contribution in [2.24, 2.45) is 11.8 Å². The number of hydrogen-bond donors (Lipinski definition) is 2. The van der Waals surface area contributed by atoms with Gasteiger partial charge < -0.3 is 15.3 Å². The smallest absolute Gasteiger partial charge is 0.229 e. The van der Waals surface area contributed by atoms with E-state index in [1.807, 2.05) is 18.0 Å². The number of benzene rings is 2. The number of hydrogen-bond acceptors (Lipinski definition) is 4. The molecule has 1 amide bonds. The number of nitrogens with zero attached hydrogens (tertiary/aromatic N) is 2. The van der Waals surface area contributed by atoms with Crippen molar-refractivity contribution in [2.75, 3.05) is 37.0 Å². The molecule has 1 saturated carbocycles. The number of carbonyl (C=O) groups excluding carboxylic acids is 1. The third-order valence-electron chi connectivity index (χ3n) is 7.95. The van der Waals surface area contributed by atoms with E-state index in [-0.39, 0.29) is 18.4 Å². The summed E-state index contributed by atoms with van der Waals surface area (Å²) in [5.41, 5.74) is 5.91. The molecule has 0 spiro atoms. The Bertz CT molecular complexity index is 983. The quantitative estimate of drug-likeness (QED) is 0.535. The van der Waals surface area contributed by atoms with Crippen molar-refractivity contribution in [2.45, 2.75) is 71.4 Å². The highest BCUT2D eigenvalue weighted by Gasteiger charge is 2.29. The average molecular weight is 478 g/mol. The fourth-order valence-corrected chi connectivity index (χ4v) is 5.80. The molecular formula is C30H43N3O2. The van der Waals surface area contributed by atoms with E-state index in [0.29, 0.717) is 12.5 Å². The van der Waals surface area contributed by atoms with Gasteiger partial charge in [-0.05, 0) is 105 Å². The SMILES string of the molecule is Cc1cc(N(C)C(=O)C2CCC(Nc3cccc(CCO)c3)CC2)ccc1CN1CCC[C@@H](C)C1. The van der Waals surface area contributed by atoms with E-state index < -0.39 is 0 Å². The van der Waals surface area contributed by atoms with Crippen molar-refractivity contribution in [3.63, 3.8) is 0 Å². The summed E-state index contributed by atoms with van der Waals surface area (Å²) >= 11 is 0. The molecule has 35 heavy (non-hydrogen) atoms.